The van der Waals surface area contributed by atoms with Gasteiger partial charge in [0.05, 0.1) is 5.69 Å². The lowest BCUT2D eigenvalue weighted by molar-refractivity contribution is -0.119. The average Bonchev–Trinajstić information content (AvgIpc) is 3.05. The number of hydrogen-bond donors (Lipinski definition) is 2. The van der Waals surface area contributed by atoms with Crippen LogP contribution in [0, 0.1) is 6.92 Å². The minimum Gasteiger partial charge on any atom is -0.368 e. The summed E-state index contributed by atoms with van der Waals surface area (Å²) in [6.45, 7) is 1.82. The number of nitrogens with zero attached hydrogens (tertiary/aromatic N) is 2. The maximum Gasteiger partial charge on any atom is 0.271 e. The molecule has 0 aromatic heterocycles. The topological polar surface area (TPSA) is 87.8 Å². The number of rotatable bonds is 4. The summed E-state index contributed by atoms with van der Waals surface area (Å²) in [6, 6.07) is 13.7. The number of primary amides is 1. The minimum absolute atomic E-state index is 0.148. The molecule has 1 unspecified atom stereocenters. The Morgan fingerprint density at radius 3 is 2.60 bits per heavy atom. The second-order valence-electron chi connectivity index (χ2n) is 5.72. The molecule has 2 aromatic carbocycles. The Labute approximate surface area is 150 Å². The Morgan fingerprint density at radius 2 is 1.92 bits per heavy atom. The van der Waals surface area contributed by atoms with Crippen LogP contribution in [0.25, 0.3) is 0 Å². The highest BCUT2D eigenvalue weighted by Gasteiger charge is 2.35. The lowest BCUT2D eigenvalue weighted by Gasteiger charge is -2.20. The maximum absolute atomic E-state index is 12.6. The van der Waals surface area contributed by atoms with E-state index in [1.807, 2.05) is 25.1 Å². The quantitative estimate of drug-likeness (QED) is 0.882. The predicted molar refractivity (Wildman–Crippen MR) is 98.8 cm³/mol. The molecule has 0 spiro atoms. The van der Waals surface area contributed by atoms with Crippen molar-refractivity contribution in [3.05, 3.63) is 59.1 Å². The van der Waals surface area contributed by atoms with Gasteiger partial charge >= 0.3 is 0 Å². The van der Waals surface area contributed by atoms with Crippen molar-refractivity contribution in [2.24, 2.45) is 10.8 Å². The van der Waals surface area contributed by atoms with Crippen LogP contribution in [0.2, 0.25) is 5.02 Å². The maximum atomic E-state index is 12.6. The van der Waals surface area contributed by atoms with Crippen LogP contribution >= 0.6 is 11.6 Å². The summed E-state index contributed by atoms with van der Waals surface area (Å²) in [5.74, 6) is -0.913. The van der Waals surface area contributed by atoms with Gasteiger partial charge in [0.2, 0.25) is 5.91 Å². The number of hydrogen-bond acceptors (Lipinski definition) is 4. The van der Waals surface area contributed by atoms with Gasteiger partial charge in [-0.15, -0.1) is 0 Å². The molecule has 128 valence electrons. The number of halogens is 1. The molecule has 0 fully saturated rings. The first-order chi connectivity index (χ1) is 12.0. The van der Waals surface area contributed by atoms with Crippen molar-refractivity contribution in [3.63, 3.8) is 0 Å². The molecule has 0 bridgehead atoms. The van der Waals surface area contributed by atoms with Gasteiger partial charge in [-0.25, -0.2) is 0 Å². The summed E-state index contributed by atoms with van der Waals surface area (Å²) in [7, 11) is 0. The highest BCUT2D eigenvalue weighted by atomic mass is 35.5. The molecular formula is C18H17ClN4O2. The van der Waals surface area contributed by atoms with Gasteiger partial charge < -0.3 is 11.1 Å². The molecule has 0 saturated heterocycles. The van der Waals surface area contributed by atoms with E-state index < -0.39 is 11.9 Å². The van der Waals surface area contributed by atoms with Crippen LogP contribution in [0.4, 0.5) is 11.4 Å². The molecule has 0 radical (unpaired) electrons. The van der Waals surface area contributed by atoms with Crippen molar-refractivity contribution < 1.29 is 9.59 Å². The Morgan fingerprint density at radius 1 is 1.20 bits per heavy atom. The molecule has 1 aliphatic heterocycles. The third-order valence-corrected chi connectivity index (χ3v) is 4.45. The summed E-state index contributed by atoms with van der Waals surface area (Å²) in [4.78, 5) is 24.3. The zero-order valence-corrected chi connectivity index (χ0v) is 14.3. The summed E-state index contributed by atoms with van der Waals surface area (Å²) in [6.07, 6.45) is 0.148. The van der Waals surface area contributed by atoms with Crippen molar-refractivity contribution in [2.75, 3.05) is 10.3 Å². The van der Waals surface area contributed by atoms with Crippen LogP contribution in [0.3, 0.4) is 0 Å². The highest BCUT2D eigenvalue weighted by Crippen LogP contribution is 2.26. The van der Waals surface area contributed by atoms with E-state index >= 15 is 0 Å². The van der Waals surface area contributed by atoms with E-state index in [1.54, 1.807) is 30.3 Å². The van der Waals surface area contributed by atoms with Gasteiger partial charge in [-0.05, 0) is 36.8 Å². The molecule has 1 aliphatic rings. The van der Waals surface area contributed by atoms with Crippen LogP contribution in [-0.2, 0) is 9.59 Å². The Balaban J connectivity index is 1.85. The second kappa shape index (κ2) is 6.94. The molecule has 3 rings (SSSR count). The van der Waals surface area contributed by atoms with Crippen LogP contribution in [0.1, 0.15) is 12.0 Å². The van der Waals surface area contributed by atoms with Gasteiger partial charge in [-0.2, -0.15) is 5.10 Å². The number of para-hydroxylation sites is 1. The first kappa shape index (κ1) is 17.0. The van der Waals surface area contributed by atoms with Crippen LogP contribution < -0.4 is 16.1 Å². The Hall–Kier alpha value is -2.86. The van der Waals surface area contributed by atoms with Crippen LogP contribution in [0.5, 0.6) is 0 Å². The molecule has 7 heteroatoms. The van der Waals surface area contributed by atoms with E-state index in [2.05, 4.69) is 10.4 Å². The fraction of sp³-hybridized carbons (Fsp3) is 0.167. The van der Waals surface area contributed by atoms with E-state index in [0.717, 1.165) is 5.56 Å². The highest BCUT2D eigenvalue weighted by molar-refractivity contribution is 6.44. The Bertz CT molecular complexity index is 851. The second-order valence-corrected chi connectivity index (χ2v) is 6.12. The fourth-order valence-electron chi connectivity index (χ4n) is 2.63. The molecule has 6 nitrogen and oxygen atoms in total. The summed E-state index contributed by atoms with van der Waals surface area (Å²) in [5, 5.41) is 9.16. The van der Waals surface area contributed by atoms with Crippen LogP contribution in [0.15, 0.2) is 53.6 Å². The molecule has 2 aromatic rings. The van der Waals surface area contributed by atoms with Crippen molar-refractivity contribution in [1.82, 2.24) is 0 Å². The molecule has 0 saturated carbocycles. The van der Waals surface area contributed by atoms with Gasteiger partial charge in [0, 0.05) is 17.1 Å². The number of anilines is 2. The number of carbonyl (C=O) groups is 2. The van der Waals surface area contributed by atoms with E-state index in [-0.39, 0.29) is 18.0 Å². The first-order valence-electron chi connectivity index (χ1n) is 7.75. The molecule has 3 N–H and O–H groups in total. The lowest BCUT2D eigenvalue weighted by atomic mass is 10.1. The zero-order valence-electron chi connectivity index (χ0n) is 13.6. The molecule has 1 heterocycles. The molecule has 25 heavy (non-hydrogen) atoms. The van der Waals surface area contributed by atoms with Crippen molar-refractivity contribution in [1.29, 1.82) is 0 Å². The molecular weight excluding hydrogens is 340 g/mol. The van der Waals surface area contributed by atoms with Gasteiger partial charge in [-0.1, -0.05) is 35.9 Å². The van der Waals surface area contributed by atoms with Gasteiger partial charge in [-0.3, -0.25) is 14.6 Å². The number of amides is 2. The zero-order chi connectivity index (χ0) is 18.0. The third-order valence-electron chi connectivity index (χ3n) is 4.04. The minimum atomic E-state index is -0.691. The number of nitrogens with one attached hydrogen (secondary N) is 1. The smallest absolute Gasteiger partial charge is 0.271 e. The van der Waals surface area contributed by atoms with Crippen molar-refractivity contribution >= 4 is 40.5 Å². The first-order valence-corrected chi connectivity index (χ1v) is 8.12. The fourth-order valence-corrected chi connectivity index (χ4v) is 2.80. The normalized spacial score (nSPS) is 16.5. The third kappa shape index (κ3) is 3.49. The summed E-state index contributed by atoms with van der Waals surface area (Å²) >= 11 is 6.07. The van der Waals surface area contributed by atoms with E-state index in [4.69, 9.17) is 17.3 Å². The SMILES string of the molecule is Cc1c(Cl)cccc1NC(=O)C1=NN(c2ccccc2)C(C(N)=O)C1. The standard InChI is InChI=1S/C18H17ClN4O2/c1-11-13(19)8-5-9-14(11)21-18(25)15-10-16(17(20)24)23(22-15)12-6-3-2-4-7-12/h2-9,16H,10H2,1H3,(H2,20,24)(H,21,25). The average molecular weight is 357 g/mol. The van der Waals surface area contributed by atoms with Crippen LogP contribution in [-0.4, -0.2) is 23.6 Å². The molecule has 1 atom stereocenters. The number of carbonyl (C=O) groups excluding carboxylic acids is 2. The number of nitrogens with two attached hydrogens (primary N) is 1. The number of hydrazone groups is 1. The largest absolute Gasteiger partial charge is 0.368 e. The van der Waals surface area contributed by atoms with E-state index in [1.165, 1.54) is 5.01 Å². The summed E-state index contributed by atoms with van der Waals surface area (Å²) in [5.41, 5.74) is 7.80. The monoisotopic (exact) mass is 356 g/mol. The lowest BCUT2D eigenvalue weighted by Crippen LogP contribution is -2.39. The van der Waals surface area contributed by atoms with E-state index in [9.17, 15) is 9.59 Å². The molecule has 2 amide bonds. The number of benzene rings is 2. The predicted octanol–water partition coefficient (Wildman–Crippen LogP) is 2.71. The Kier molecular flexibility index (Phi) is 4.72. The van der Waals surface area contributed by atoms with Crippen molar-refractivity contribution in [2.45, 2.75) is 19.4 Å². The summed E-state index contributed by atoms with van der Waals surface area (Å²) < 4.78 is 0. The molecule has 0 aliphatic carbocycles. The van der Waals surface area contributed by atoms with Gasteiger partial charge in [0.1, 0.15) is 11.8 Å². The van der Waals surface area contributed by atoms with Gasteiger partial charge in [0.15, 0.2) is 0 Å². The van der Waals surface area contributed by atoms with Crippen molar-refractivity contribution in [3.8, 4) is 0 Å². The van der Waals surface area contributed by atoms with Gasteiger partial charge in [0.25, 0.3) is 5.91 Å². The van der Waals surface area contributed by atoms with E-state index in [0.29, 0.717) is 16.4 Å².